The van der Waals surface area contributed by atoms with Crippen molar-refractivity contribution in [2.75, 3.05) is 18.2 Å². The molecular formula is C26H34ClF3N4O2S. The van der Waals surface area contributed by atoms with E-state index in [1.807, 2.05) is 39.8 Å². The first-order chi connectivity index (χ1) is 17.7. The van der Waals surface area contributed by atoms with Crippen molar-refractivity contribution in [2.45, 2.75) is 53.8 Å². The Morgan fingerprint density at radius 2 is 1.97 bits per heavy atom. The number of nitrogens with zero attached hydrogens (tertiary/aromatic N) is 4. The molecule has 0 N–H and O–H groups in total. The summed E-state index contributed by atoms with van der Waals surface area (Å²) >= 11 is 7.63. The van der Waals surface area contributed by atoms with E-state index in [1.165, 1.54) is 29.8 Å². The maximum atomic E-state index is 13.0. The number of alkyl halides is 3. The fourth-order valence-corrected chi connectivity index (χ4v) is 4.19. The van der Waals surface area contributed by atoms with Crippen molar-refractivity contribution in [3.63, 3.8) is 0 Å². The van der Waals surface area contributed by atoms with Crippen LogP contribution in [0.2, 0.25) is 0 Å². The quantitative estimate of drug-likeness (QED) is 0.252. The molecule has 2 aliphatic heterocycles. The lowest BCUT2D eigenvalue weighted by atomic mass is 10.1. The molecule has 3 heterocycles. The van der Waals surface area contributed by atoms with Gasteiger partial charge in [0.05, 0.1) is 23.5 Å². The predicted molar refractivity (Wildman–Crippen MR) is 148 cm³/mol. The van der Waals surface area contributed by atoms with Crippen LogP contribution in [0.4, 0.5) is 13.2 Å². The van der Waals surface area contributed by atoms with Crippen molar-refractivity contribution in [1.29, 1.82) is 0 Å². The predicted octanol–water partition coefficient (Wildman–Crippen LogP) is 7.88. The second-order valence-corrected chi connectivity index (χ2v) is 8.58. The Labute approximate surface area is 226 Å². The Kier molecular flexibility index (Phi) is 14.1. The molecule has 0 radical (unpaired) electrons. The summed E-state index contributed by atoms with van der Waals surface area (Å²) in [6.45, 7) is 13.8. The van der Waals surface area contributed by atoms with Crippen molar-refractivity contribution >= 4 is 46.8 Å². The van der Waals surface area contributed by atoms with Crippen molar-refractivity contribution in [3.8, 4) is 0 Å². The number of allylic oxidation sites excluding steroid dienone is 8. The second-order valence-electron chi connectivity index (χ2n) is 7.02. The molecule has 1 aromatic rings. The van der Waals surface area contributed by atoms with Gasteiger partial charge in [0.25, 0.3) is 5.91 Å². The number of amides is 1. The normalized spacial score (nSPS) is 15.7. The molecule has 37 heavy (non-hydrogen) atoms. The van der Waals surface area contributed by atoms with Gasteiger partial charge in [-0.3, -0.25) is 9.79 Å². The maximum Gasteiger partial charge on any atom is 0.572 e. The Hall–Kier alpha value is -2.72. The van der Waals surface area contributed by atoms with Gasteiger partial charge in [0.15, 0.2) is 5.69 Å². The van der Waals surface area contributed by atoms with Gasteiger partial charge in [0.1, 0.15) is 5.76 Å². The van der Waals surface area contributed by atoms with Crippen LogP contribution in [0.5, 0.6) is 0 Å². The van der Waals surface area contributed by atoms with Crippen LogP contribution in [-0.2, 0) is 4.74 Å². The number of carbonyl (C=O) groups excluding carboxylic acids is 1. The van der Waals surface area contributed by atoms with E-state index >= 15 is 0 Å². The minimum Gasteiger partial charge on any atom is -0.410 e. The first kappa shape index (κ1) is 32.3. The number of thioether (sulfide) groups is 1. The molecule has 1 amide bonds. The molecule has 6 nitrogen and oxygen atoms in total. The van der Waals surface area contributed by atoms with Crippen molar-refractivity contribution in [3.05, 3.63) is 65.3 Å². The number of aromatic nitrogens is 2. The third-order valence-electron chi connectivity index (χ3n) is 4.59. The number of aliphatic imine (C=N–C) groups is 1. The van der Waals surface area contributed by atoms with Gasteiger partial charge in [-0.2, -0.15) is 5.10 Å². The first-order valence-electron chi connectivity index (χ1n) is 12.1. The third kappa shape index (κ3) is 10.3. The van der Waals surface area contributed by atoms with Crippen LogP contribution in [-0.4, -0.2) is 51.3 Å². The van der Waals surface area contributed by atoms with Crippen LogP contribution in [0.3, 0.4) is 0 Å². The van der Waals surface area contributed by atoms with E-state index in [-0.39, 0.29) is 34.4 Å². The summed E-state index contributed by atoms with van der Waals surface area (Å²) in [5, 5.41) is 4.57. The van der Waals surface area contributed by atoms with Gasteiger partial charge >= 0.3 is 6.36 Å². The van der Waals surface area contributed by atoms with E-state index < -0.39 is 6.36 Å². The standard InChI is InChI=1S/C22H22ClF3N4O2S.2C2H6/c1-3-18(32-22(24,25)26)11-16(10-15(2)23)20-12-19(21(31)29-8-9-33-14-29)28-30(20)17-6-4-5-7-27-13-17;2*1-2/h5-7,10-13H,2-4,8-9,14H2,1H3;2*1-2H3/b16-10+,18-11+;;. The van der Waals surface area contributed by atoms with Gasteiger partial charge in [0.2, 0.25) is 0 Å². The Morgan fingerprint density at radius 1 is 1.27 bits per heavy atom. The molecule has 2 aliphatic rings. The zero-order valence-electron chi connectivity index (χ0n) is 21.8. The van der Waals surface area contributed by atoms with Crippen LogP contribution < -0.4 is 0 Å². The summed E-state index contributed by atoms with van der Waals surface area (Å²) in [4.78, 5) is 18.8. The highest BCUT2D eigenvalue weighted by molar-refractivity contribution is 7.99. The molecule has 0 unspecified atom stereocenters. The average Bonchev–Trinajstić information content (AvgIpc) is 3.49. The van der Waals surface area contributed by atoms with Gasteiger partial charge in [-0.1, -0.05) is 65.0 Å². The van der Waals surface area contributed by atoms with E-state index in [9.17, 15) is 18.0 Å². The van der Waals surface area contributed by atoms with Gasteiger partial charge in [-0.15, -0.1) is 24.9 Å². The minimum atomic E-state index is -4.85. The van der Waals surface area contributed by atoms with E-state index in [0.717, 1.165) is 5.75 Å². The van der Waals surface area contributed by atoms with E-state index in [0.29, 0.717) is 30.2 Å². The van der Waals surface area contributed by atoms with Crippen LogP contribution in [0.15, 0.2) is 58.9 Å². The maximum absolute atomic E-state index is 13.0. The zero-order chi connectivity index (χ0) is 28.0. The summed E-state index contributed by atoms with van der Waals surface area (Å²) in [6, 6.07) is 1.53. The fourth-order valence-electron chi connectivity index (χ4n) is 3.13. The summed E-state index contributed by atoms with van der Waals surface area (Å²) in [7, 11) is 0. The summed E-state index contributed by atoms with van der Waals surface area (Å²) in [5.41, 5.74) is 1.32. The first-order valence-corrected chi connectivity index (χ1v) is 13.6. The number of hydrogen-bond acceptors (Lipinski definition) is 5. The lowest BCUT2D eigenvalue weighted by molar-refractivity contribution is -0.306. The van der Waals surface area contributed by atoms with E-state index in [2.05, 4.69) is 21.4 Å². The van der Waals surface area contributed by atoms with Gasteiger partial charge in [-0.05, 0) is 24.6 Å². The molecule has 204 valence electrons. The topological polar surface area (TPSA) is 59.7 Å². The summed E-state index contributed by atoms with van der Waals surface area (Å²) < 4.78 is 44.2. The van der Waals surface area contributed by atoms with E-state index in [4.69, 9.17) is 11.6 Å². The lowest BCUT2D eigenvalue weighted by Crippen LogP contribution is -2.28. The van der Waals surface area contributed by atoms with Crippen molar-refractivity contribution < 1.29 is 22.7 Å². The van der Waals surface area contributed by atoms with Crippen LogP contribution in [0, 0.1) is 0 Å². The molecular weight excluding hydrogens is 525 g/mol. The average molecular weight is 559 g/mol. The molecule has 11 heteroatoms. The number of carbonyl (C=O) groups is 1. The number of halogens is 4. The molecule has 1 fully saturated rings. The molecule has 3 rings (SSSR count). The van der Waals surface area contributed by atoms with E-state index in [1.54, 1.807) is 29.1 Å². The molecule has 0 aliphatic carbocycles. The SMILES string of the molecule is C=C(Cl)/C=C(\C=C(/CC)OC(F)(F)F)c1cc(C(=O)N2CCSC2)nn1C1=CCC=CN=C1.CC.CC. The molecule has 0 aromatic carbocycles. The molecule has 0 atom stereocenters. The summed E-state index contributed by atoms with van der Waals surface area (Å²) in [5.74, 6) is 0.792. The summed E-state index contributed by atoms with van der Waals surface area (Å²) in [6.07, 6.45) is 5.19. The van der Waals surface area contributed by atoms with Gasteiger partial charge in [0, 0.05) is 35.5 Å². The highest BCUT2D eigenvalue weighted by Gasteiger charge is 2.32. The third-order valence-corrected chi connectivity index (χ3v) is 5.67. The molecule has 0 saturated carbocycles. The minimum absolute atomic E-state index is 0.0232. The Balaban J connectivity index is 0.00000163. The second kappa shape index (κ2) is 16.2. The van der Waals surface area contributed by atoms with Crippen LogP contribution >= 0.6 is 23.4 Å². The Morgan fingerprint density at radius 3 is 2.54 bits per heavy atom. The van der Waals surface area contributed by atoms with Crippen LogP contribution in [0.1, 0.15) is 63.6 Å². The van der Waals surface area contributed by atoms with Crippen LogP contribution in [0.25, 0.3) is 11.3 Å². The number of ether oxygens (including phenoxy) is 1. The fraction of sp³-hybridized carbons (Fsp3) is 0.423. The molecule has 0 spiro atoms. The molecule has 1 aromatic heterocycles. The molecule has 0 bridgehead atoms. The molecule has 1 saturated heterocycles. The van der Waals surface area contributed by atoms with Crippen molar-refractivity contribution in [2.24, 2.45) is 4.99 Å². The number of rotatable bonds is 7. The monoisotopic (exact) mass is 558 g/mol. The van der Waals surface area contributed by atoms with Crippen molar-refractivity contribution in [1.82, 2.24) is 14.7 Å². The van der Waals surface area contributed by atoms with Gasteiger partial charge in [-0.25, -0.2) is 4.68 Å². The highest BCUT2D eigenvalue weighted by Crippen LogP contribution is 2.29. The van der Waals surface area contributed by atoms with Gasteiger partial charge < -0.3 is 9.64 Å². The zero-order valence-corrected chi connectivity index (χ0v) is 23.4. The lowest BCUT2D eigenvalue weighted by Gasteiger charge is -2.13. The Bertz CT molecular complexity index is 1070. The highest BCUT2D eigenvalue weighted by atomic mass is 35.5. The number of hydrogen-bond donors (Lipinski definition) is 0. The largest absolute Gasteiger partial charge is 0.572 e. The smallest absolute Gasteiger partial charge is 0.410 e.